The Bertz CT molecular complexity index is 383. The molecule has 1 atom stereocenters. The van der Waals surface area contributed by atoms with Gasteiger partial charge in [-0.05, 0) is 26.2 Å². The summed E-state index contributed by atoms with van der Waals surface area (Å²) in [6.45, 7) is 3.09. The van der Waals surface area contributed by atoms with Crippen LogP contribution in [0.4, 0.5) is 0 Å². The highest BCUT2D eigenvalue weighted by Crippen LogP contribution is 2.15. The highest BCUT2D eigenvalue weighted by atomic mass is 16.5. The zero-order valence-electron chi connectivity index (χ0n) is 9.22. The van der Waals surface area contributed by atoms with Crippen molar-refractivity contribution in [2.75, 3.05) is 6.61 Å². The van der Waals surface area contributed by atoms with E-state index in [2.05, 4.69) is 10.3 Å². The van der Waals surface area contributed by atoms with Crippen LogP contribution in [0.3, 0.4) is 0 Å². The number of hydrogen-bond donors (Lipinski definition) is 1. The molecule has 0 spiro atoms. The van der Waals surface area contributed by atoms with Crippen molar-refractivity contribution in [2.24, 2.45) is 0 Å². The average Bonchev–Trinajstić information content (AvgIpc) is 2.62. The first-order chi connectivity index (χ1) is 7.68. The zero-order valence-corrected chi connectivity index (χ0v) is 9.22. The minimum atomic E-state index is -1.03. The van der Waals surface area contributed by atoms with E-state index in [1.165, 1.54) is 0 Å². The molecule has 16 heavy (non-hydrogen) atoms. The first-order valence-corrected chi connectivity index (χ1v) is 5.43. The number of aromatic nitrogens is 3. The summed E-state index contributed by atoms with van der Waals surface area (Å²) < 4.78 is 7.18. The van der Waals surface area contributed by atoms with Gasteiger partial charge in [0, 0.05) is 6.61 Å². The normalized spacial score (nSPS) is 20.9. The molecule has 2 rings (SSSR count). The number of nitrogens with zero attached hydrogens (tertiary/aromatic N) is 3. The van der Waals surface area contributed by atoms with Crippen LogP contribution >= 0.6 is 0 Å². The van der Waals surface area contributed by atoms with Crippen LogP contribution in [0.1, 0.15) is 35.4 Å². The van der Waals surface area contributed by atoms with Gasteiger partial charge in [0.1, 0.15) is 0 Å². The van der Waals surface area contributed by atoms with E-state index in [4.69, 9.17) is 9.84 Å². The Balaban J connectivity index is 2.06. The smallest absolute Gasteiger partial charge is 0.358 e. The molecule has 0 aromatic carbocycles. The zero-order chi connectivity index (χ0) is 11.5. The van der Waals surface area contributed by atoms with Crippen LogP contribution in [0.25, 0.3) is 0 Å². The lowest BCUT2D eigenvalue weighted by Gasteiger charge is -2.22. The van der Waals surface area contributed by atoms with E-state index in [0.717, 1.165) is 25.9 Å². The molecule has 1 fully saturated rings. The molecule has 6 heteroatoms. The lowest BCUT2D eigenvalue weighted by Crippen LogP contribution is -2.25. The van der Waals surface area contributed by atoms with Crippen molar-refractivity contribution in [3.63, 3.8) is 0 Å². The molecule has 1 aliphatic rings. The molecule has 88 valence electrons. The summed E-state index contributed by atoms with van der Waals surface area (Å²) in [5, 5.41) is 16.3. The van der Waals surface area contributed by atoms with Crippen molar-refractivity contribution in [2.45, 2.75) is 38.8 Å². The van der Waals surface area contributed by atoms with Crippen LogP contribution in [0.15, 0.2) is 0 Å². The lowest BCUT2D eigenvalue weighted by molar-refractivity contribution is 0.00334. The van der Waals surface area contributed by atoms with E-state index in [-0.39, 0.29) is 11.8 Å². The molecule has 1 unspecified atom stereocenters. The fourth-order valence-corrected chi connectivity index (χ4v) is 1.88. The second-order valence-corrected chi connectivity index (χ2v) is 4.00. The quantitative estimate of drug-likeness (QED) is 0.825. The van der Waals surface area contributed by atoms with Crippen LogP contribution in [-0.2, 0) is 11.3 Å². The maximum Gasteiger partial charge on any atom is 0.358 e. The summed E-state index contributed by atoms with van der Waals surface area (Å²) in [7, 11) is 0. The van der Waals surface area contributed by atoms with E-state index in [1.807, 2.05) is 0 Å². The Labute approximate surface area is 93.2 Å². The summed E-state index contributed by atoms with van der Waals surface area (Å²) in [6.07, 6.45) is 3.40. The SMILES string of the molecule is Cc1c(C(=O)O)nnn1CC1CCCCO1. The topological polar surface area (TPSA) is 77.2 Å². The van der Waals surface area contributed by atoms with Crippen LogP contribution in [0.5, 0.6) is 0 Å². The molecule has 0 radical (unpaired) electrons. The number of carboxylic acids is 1. The molecule has 6 nitrogen and oxygen atoms in total. The average molecular weight is 225 g/mol. The maximum atomic E-state index is 10.8. The Morgan fingerprint density at radius 1 is 1.62 bits per heavy atom. The Morgan fingerprint density at radius 3 is 3.00 bits per heavy atom. The Morgan fingerprint density at radius 2 is 2.44 bits per heavy atom. The van der Waals surface area contributed by atoms with Crippen molar-refractivity contribution in [3.05, 3.63) is 11.4 Å². The molecule has 1 aliphatic heterocycles. The fraction of sp³-hybridized carbons (Fsp3) is 0.700. The van der Waals surface area contributed by atoms with Crippen molar-refractivity contribution in [1.82, 2.24) is 15.0 Å². The van der Waals surface area contributed by atoms with Gasteiger partial charge in [-0.1, -0.05) is 5.21 Å². The number of carbonyl (C=O) groups is 1. The summed E-state index contributed by atoms with van der Waals surface area (Å²) in [5.74, 6) is -1.03. The van der Waals surface area contributed by atoms with E-state index in [0.29, 0.717) is 12.2 Å². The number of rotatable bonds is 3. The number of hydrogen-bond acceptors (Lipinski definition) is 4. The van der Waals surface area contributed by atoms with Crippen LogP contribution in [0.2, 0.25) is 0 Å². The van der Waals surface area contributed by atoms with Gasteiger partial charge in [0.25, 0.3) is 0 Å². The molecular formula is C10H15N3O3. The highest BCUT2D eigenvalue weighted by molar-refractivity contribution is 5.86. The maximum absolute atomic E-state index is 10.8. The van der Waals surface area contributed by atoms with Gasteiger partial charge in [-0.25, -0.2) is 9.48 Å². The summed E-state index contributed by atoms with van der Waals surface area (Å²) in [5.41, 5.74) is 0.609. The monoisotopic (exact) mass is 225 g/mol. The van der Waals surface area contributed by atoms with Crippen molar-refractivity contribution < 1.29 is 14.6 Å². The molecule has 1 saturated heterocycles. The Hall–Kier alpha value is -1.43. The molecule has 0 aliphatic carbocycles. The fourth-order valence-electron chi connectivity index (χ4n) is 1.88. The van der Waals surface area contributed by atoms with Crippen molar-refractivity contribution in [3.8, 4) is 0 Å². The third kappa shape index (κ3) is 2.21. The van der Waals surface area contributed by atoms with E-state index in [1.54, 1.807) is 11.6 Å². The van der Waals surface area contributed by atoms with E-state index < -0.39 is 5.97 Å². The molecular weight excluding hydrogens is 210 g/mol. The van der Waals surface area contributed by atoms with E-state index >= 15 is 0 Å². The molecule has 1 aromatic rings. The van der Waals surface area contributed by atoms with E-state index in [9.17, 15) is 4.79 Å². The van der Waals surface area contributed by atoms with Gasteiger partial charge >= 0.3 is 5.97 Å². The number of carboxylic acid groups (broad SMARTS) is 1. The van der Waals surface area contributed by atoms with Crippen molar-refractivity contribution >= 4 is 5.97 Å². The minimum absolute atomic E-state index is 0.0239. The first-order valence-electron chi connectivity index (χ1n) is 5.43. The summed E-state index contributed by atoms with van der Waals surface area (Å²) in [6, 6.07) is 0. The standard InChI is InChI=1S/C10H15N3O3/c1-7-9(10(14)15)11-12-13(7)6-8-4-2-3-5-16-8/h8H,2-6H2,1H3,(H,14,15). The van der Waals surface area contributed by atoms with Gasteiger partial charge < -0.3 is 9.84 Å². The number of ether oxygens (including phenoxy) is 1. The van der Waals surface area contributed by atoms with Gasteiger partial charge in [-0.2, -0.15) is 0 Å². The predicted molar refractivity (Wildman–Crippen MR) is 55.3 cm³/mol. The van der Waals surface area contributed by atoms with Crippen LogP contribution < -0.4 is 0 Å². The predicted octanol–water partition coefficient (Wildman–Crippen LogP) is 0.854. The summed E-state index contributed by atoms with van der Waals surface area (Å²) in [4.78, 5) is 10.8. The second kappa shape index (κ2) is 4.61. The number of aromatic carboxylic acids is 1. The van der Waals surface area contributed by atoms with Crippen LogP contribution in [0, 0.1) is 6.92 Å². The lowest BCUT2D eigenvalue weighted by atomic mass is 10.1. The third-order valence-corrected chi connectivity index (χ3v) is 2.84. The largest absolute Gasteiger partial charge is 0.476 e. The summed E-state index contributed by atoms with van der Waals surface area (Å²) >= 11 is 0. The van der Waals surface area contributed by atoms with Gasteiger partial charge in [0.15, 0.2) is 5.69 Å². The molecule has 2 heterocycles. The minimum Gasteiger partial charge on any atom is -0.476 e. The van der Waals surface area contributed by atoms with Gasteiger partial charge in [0.2, 0.25) is 0 Å². The molecule has 0 saturated carbocycles. The molecule has 1 aromatic heterocycles. The highest BCUT2D eigenvalue weighted by Gasteiger charge is 2.19. The molecule has 1 N–H and O–H groups in total. The first kappa shape index (κ1) is 11.1. The van der Waals surface area contributed by atoms with Crippen LogP contribution in [-0.4, -0.2) is 38.8 Å². The second-order valence-electron chi connectivity index (χ2n) is 4.00. The van der Waals surface area contributed by atoms with Gasteiger partial charge in [-0.15, -0.1) is 5.10 Å². The third-order valence-electron chi connectivity index (χ3n) is 2.84. The van der Waals surface area contributed by atoms with Gasteiger partial charge in [-0.3, -0.25) is 0 Å². The van der Waals surface area contributed by atoms with Gasteiger partial charge in [0.05, 0.1) is 18.3 Å². The van der Waals surface area contributed by atoms with Crippen molar-refractivity contribution in [1.29, 1.82) is 0 Å². The molecule has 0 bridgehead atoms. The molecule has 0 amide bonds. The Kier molecular flexibility index (Phi) is 3.19.